The first-order valence-electron chi connectivity index (χ1n) is 10.4. The number of benzene rings is 2. The first-order valence-corrected chi connectivity index (χ1v) is 11.8. The third-order valence-corrected chi connectivity index (χ3v) is 6.46. The molecule has 1 N–H and O–H groups in total. The number of hydrogen-bond donors (Lipinski definition) is 1. The monoisotopic (exact) mass is 448 g/mol. The molecule has 2 aromatic carbocycles. The van der Waals surface area contributed by atoms with Gasteiger partial charge in [0.1, 0.15) is 5.75 Å². The topological polar surface area (TPSA) is 84.9 Å². The average molecular weight is 449 g/mol. The zero-order valence-corrected chi connectivity index (χ0v) is 19.2. The van der Waals surface area contributed by atoms with Crippen LogP contribution in [-0.4, -0.2) is 58.1 Å². The Balaban J connectivity index is 2.07. The average Bonchev–Trinajstić information content (AvgIpc) is 2.76. The summed E-state index contributed by atoms with van der Waals surface area (Å²) in [6, 6.07) is 15.8. The molecule has 0 aliphatic rings. The minimum absolute atomic E-state index is 0.125. The molecule has 0 fully saturated rings. The largest absolute Gasteiger partial charge is 0.497 e. The van der Waals surface area contributed by atoms with E-state index in [9.17, 15) is 13.2 Å². The van der Waals surface area contributed by atoms with Crippen LogP contribution in [0, 0.1) is 0 Å². The Bertz CT molecular complexity index is 899. The first-order chi connectivity index (χ1) is 14.8. The lowest BCUT2D eigenvalue weighted by atomic mass is 10.1. The van der Waals surface area contributed by atoms with Gasteiger partial charge in [-0.15, -0.1) is 0 Å². The van der Waals surface area contributed by atoms with E-state index in [1.165, 1.54) is 23.5 Å². The van der Waals surface area contributed by atoms with Crippen molar-refractivity contribution in [1.82, 2.24) is 9.62 Å². The molecule has 2 rings (SSSR count). The van der Waals surface area contributed by atoms with Gasteiger partial charge in [0, 0.05) is 19.7 Å². The van der Waals surface area contributed by atoms with Gasteiger partial charge in [-0.05, 0) is 56.5 Å². The van der Waals surface area contributed by atoms with Gasteiger partial charge < -0.3 is 14.8 Å². The second kappa shape index (κ2) is 12.4. The lowest BCUT2D eigenvalue weighted by molar-refractivity contribution is -0.121. The lowest BCUT2D eigenvalue weighted by Gasteiger charge is -2.22. The van der Waals surface area contributed by atoms with E-state index in [2.05, 4.69) is 5.32 Å². The smallest absolute Gasteiger partial charge is 0.243 e. The minimum Gasteiger partial charge on any atom is -0.497 e. The number of carbonyl (C=O) groups excluding carboxylic acids is 1. The summed E-state index contributed by atoms with van der Waals surface area (Å²) in [5.74, 6) is 0.228. The van der Waals surface area contributed by atoms with E-state index in [0.717, 1.165) is 5.56 Å². The maximum absolute atomic E-state index is 13.2. The summed E-state index contributed by atoms with van der Waals surface area (Å²) in [4.78, 5) is 12.6. The number of sulfonamides is 1. The highest BCUT2D eigenvalue weighted by Crippen LogP contribution is 2.20. The Morgan fingerprint density at radius 1 is 1.06 bits per heavy atom. The van der Waals surface area contributed by atoms with Gasteiger partial charge in [0.25, 0.3) is 0 Å². The van der Waals surface area contributed by atoms with E-state index in [4.69, 9.17) is 9.47 Å². The summed E-state index contributed by atoms with van der Waals surface area (Å²) < 4.78 is 38.2. The van der Waals surface area contributed by atoms with E-state index < -0.39 is 10.0 Å². The molecular formula is C23H32N2O5S. The maximum atomic E-state index is 13.2. The van der Waals surface area contributed by atoms with Gasteiger partial charge in [-0.25, -0.2) is 8.42 Å². The number of nitrogens with one attached hydrogen (secondary N) is 1. The molecule has 0 saturated carbocycles. The summed E-state index contributed by atoms with van der Waals surface area (Å²) in [6.07, 6.45) is 1.31. The number of carbonyl (C=O) groups is 1. The molecule has 0 atom stereocenters. The maximum Gasteiger partial charge on any atom is 0.243 e. The van der Waals surface area contributed by atoms with Crippen LogP contribution in [0.4, 0.5) is 0 Å². The van der Waals surface area contributed by atoms with Crippen molar-refractivity contribution in [1.29, 1.82) is 0 Å². The Labute approximate surface area is 185 Å². The van der Waals surface area contributed by atoms with E-state index in [1.54, 1.807) is 12.1 Å². The predicted octanol–water partition coefficient (Wildman–Crippen LogP) is 2.86. The van der Waals surface area contributed by atoms with Crippen LogP contribution in [0.3, 0.4) is 0 Å². The van der Waals surface area contributed by atoms with Crippen LogP contribution >= 0.6 is 0 Å². The molecule has 0 heterocycles. The summed E-state index contributed by atoms with van der Waals surface area (Å²) in [7, 11) is -2.33. The molecule has 0 saturated heterocycles. The zero-order chi connectivity index (χ0) is 22.7. The van der Waals surface area contributed by atoms with Crippen LogP contribution in [0.15, 0.2) is 59.5 Å². The van der Waals surface area contributed by atoms with Crippen molar-refractivity contribution in [3.8, 4) is 5.75 Å². The van der Waals surface area contributed by atoms with Gasteiger partial charge in [0.2, 0.25) is 15.9 Å². The molecule has 7 nitrogen and oxygen atoms in total. The third kappa shape index (κ3) is 8.32. The third-order valence-electron chi connectivity index (χ3n) is 4.60. The highest BCUT2D eigenvalue weighted by atomic mass is 32.2. The van der Waals surface area contributed by atoms with E-state index in [0.29, 0.717) is 31.7 Å². The molecule has 0 aliphatic heterocycles. The molecule has 31 heavy (non-hydrogen) atoms. The van der Waals surface area contributed by atoms with Crippen molar-refractivity contribution in [2.45, 2.75) is 37.7 Å². The molecule has 0 aliphatic carbocycles. The van der Waals surface area contributed by atoms with Crippen LogP contribution in [0.25, 0.3) is 0 Å². The minimum atomic E-state index is -3.85. The van der Waals surface area contributed by atoms with Gasteiger partial charge in [-0.1, -0.05) is 30.3 Å². The SMILES string of the molecule is COc1ccc(S(=O)(=O)N(CCc2ccccc2)CC(=O)NCCCOC(C)C)cc1. The molecule has 0 spiro atoms. The second-order valence-electron chi connectivity index (χ2n) is 7.37. The Morgan fingerprint density at radius 3 is 2.35 bits per heavy atom. The normalized spacial score (nSPS) is 11.6. The highest BCUT2D eigenvalue weighted by molar-refractivity contribution is 7.89. The molecular weight excluding hydrogens is 416 g/mol. The highest BCUT2D eigenvalue weighted by Gasteiger charge is 2.26. The number of hydrogen-bond acceptors (Lipinski definition) is 5. The first kappa shape index (κ1) is 24.8. The summed E-state index contributed by atoms with van der Waals surface area (Å²) >= 11 is 0. The van der Waals surface area contributed by atoms with Crippen molar-refractivity contribution < 1.29 is 22.7 Å². The van der Waals surface area contributed by atoms with Gasteiger partial charge in [-0.3, -0.25) is 4.79 Å². The molecule has 0 radical (unpaired) electrons. The fourth-order valence-corrected chi connectivity index (χ4v) is 4.31. The Morgan fingerprint density at radius 2 is 1.74 bits per heavy atom. The number of rotatable bonds is 13. The van der Waals surface area contributed by atoms with Crippen molar-refractivity contribution in [3.63, 3.8) is 0 Å². The van der Waals surface area contributed by atoms with Gasteiger partial charge in [-0.2, -0.15) is 4.31 Å². The number of methoxy groups -OCH3 is 1. The van der Waals surface area contributed by atoms with Crippen molar-refractivity contribution >= 4 is 15.9 Å². The summed E-state index contributed by atoms with van der Waals surface area (Å²) in [6.45, 7) is 4.83. The lowest BCUT2D eigenvalue weighted by Crippen LogP contribution is -2.42. The molecule has 170 valence electrons. The zero-order valence-electron chi connectivity index (χ0n) is 18.4. The van der Waals surface area contributed by atoms with Gasteiger partial charge >= 0.3 is 0 Å². The van der Waals surface area contributed by atoms with Crippen molar-refractivity contribution in [3.05, 3.63) is 60.2 Å². The Kier molecular flexibility index (Phi) is 9.97. The molecule has 0 aromatic heterocycles. The molecule has 8 heteroatoms. The second-order valence-corrected chi connectivity index (χ2v) is 9.31. The van der Waals surface area contributed by atoms with Crippen LogP contribution in [-0.2, 0) is 26.0 Å². The molecule has 2 aromatic rings. The number of amides is 1. The molecule has 1 amide bonds. The van der Waals surface area contributed by atoms with Gasteiger partial charge in [0.05, 0.1) is 24.7 Å². The van der Waals surface area contributed by atoms with Crippen molar-refractivity contribution in [2.75, 3.05) is 33.4 Å². The fourth-order valence-electron chi connectivity index (χ4n) is 2.91. The van der Waals surface area contributed by atoms with Crippen LogP contribution < -0.4 is 10.1 Å². The molecule has 0 bridgehead atoms. The van der Waals surface area contributed by atoms with Crippen LogP contribution in [0.1, 0.15) is 25.8 Å². The van der Waals surface area contributed by atoms with Crippen LogP contribution in [0.2, 0.25) is 0 Å². The predicted molar refractivity (Wildman–Crippen MR) is 121 cm³/mol. The quantitative estimate of drug-likeness (QED) is 0.476. The number of ether oxygens (including phenoxy) is 2. The van der Waals surface area contributed by atoms with Crippen molar-refractivity contribution in [2.24, 2.45) is 0 Å². The van der Waals surface area contributed by atoms with E-state index in [-0.39, 0.29) is 30.0 Å². The summed E-state index contributed by atoms with van der Waals surface area (Å²) in [5, 5.41) is 2.78. The Hall–Kier alpha value is -2.42. The summed E-state index contributed by atoms with van der Waals surface area (Å²) in [5.41, 5.74) is 1.00. The standard InChI is InChI=1S/C23H32N2O5S/c1-19(2)30-17-7-15-24-23(26)18-25(16-14-20-8-5-4-6-9-20)31(27,28)22-12-10-21(29-3)11-13-22/h4-6,8-13,19H,7,14-18H2,1-3H3,(H,24,26). The van der Waals surface area contributed by atoms with E-state index >= 15 is 0 Å². The molecule has 0 unspecified atom stereocenters. The van der Waals surface area contributed by atoms with E-state index in [1.807, 2.05) is 44.2 Å². The van der Waals surface area contributed by atoms with Gasteiger partial charge in [0.15, 0.2) is 0 Å². The number of nitrogens with zero attached hydrogens (tertiary/aromatic N) is 1. The fraction of sp³-hybridized carbons (Fsp3) is 0.435. The van der Waals surface area contributed by atoms with Crippen LogP contribution in [0.5, 0.6) is 5.75 Å².